The Hall–Kier alpha value is -3.06. The van der Waals surface area contributed by atoms with Crippen molar-refractivity contribution in [2.45, 2.75) is 19.0 Å². The third kappa shape index (κ3) is 3.78. The highest BCUT2D eigenvalue weighted by molar-refractivity contribution is 5.95. The molecule has 7 nitrogen and oxygen atoms in total. The zero-order valence-electron chi connectivity index (χ0n) is 14.3. The van der Waals surface area contributed by atoms with Crippen LogP contribution < -0.4 is 5.32 Å². The van der Waals surface area contributed by atoms with Gasteiger partial charge in [0.25, 0.3) is 5.91 Å². The molecule has 1 atom stereocenters. The topological polar surface area (TPSA) is 86.8 Å². The van der Waals surface area contributed by atoms with Crippen molar-refractivity contribution in [1.82, 2.24) is 30.8 Å². The van der Waals surface area contributed by atoms with E-state index in [9.17, 15) is 4.79 Å². The second-order valence-corrected chi connectivity index (χ2v) is 6.50. The van der Waals surface area contributed by atoms with E-state index in [2.05, 4.69) is 55.1 Å². The van der Waals surface area contributed by atoms with Crippen molar-refractivity contribution >= 4 is 5.91 Å². The number of carbonyl (C=O) groups is 1. The Labute approximate surface area is 151 Å². The van der Waals surface area contributed by atoms with Crippen molar-refractivity contribution in [1.29, 1.82) is 0 Å². The lowest BCUT2D eigenvalue weighted by atomic mass is 10.1. The fraction of sp³-hybridized carbons (Fsp3) is 0.263. The average molecular weight is 348 g/mol. The van der Waals surface area contributed by atoms with Gasteiger partial charge >= 0.3 is 0 Å². The molecule has 0 spiro atoms. The number of rotatable bonds is 5. The number of benzene rings is 2. The van der Waals surface area contributed by atoms with Crippen LogP contribution >= 0.6 is 0 Å². The van der Waals surface area contributed by atoms with E-state index in [1.54, 1.807) is 12.1 Å². The highest BCUT2D eigenvalue weighted by Gasteiger charge is 2.24. The van der Waals surface area contributed by atoms with Gasteiger partial charge in [0.15, 0.2) is 0 Å². The van der Waals surface area contributed by atoms with Crippen molar-refractivity contribution in [3.8, 4) is 11.4 Å². The molecular formula is C19H20N6O. The summed E-state index contributed by atoms with van der Waals surface area (Å²) in [5.74, 6) is 0.413. The zero-order valence-corrected chi connectivity index (χ0v) is 14.3. The molecule has 1 aliphatic heterocycles. The van der Waals surface area contributed by atoms with Crippen molar-refractivity contribution in [3.05, 3.63) is 65.7 Å². The van der Waals surface area contributed by atoms with Gasteiger partial charge in [0, 0.05) is 36.8 Å². The van der Waals surface area contributed by atoms with Crippen LogP contribution in [0.2, 0.25) is 0 Å². The first-order valence-corrected chi connectivity index (χ1v) is 8.69. The van der Waals surface area contributed by atoms with Gasteiger partial charge in [-0.1, -0.05) is 42.5 Å². The molecule has 0 aliphatic carbocycles. The molecule has 0 unspecified atom stereocenters. The van der Waals surface area contributed by atoms with Gasteiger partial charge in [-0.05, 0) is 29.3 Å². The normalized spacial score (nSPS) is 17.3. The van der Waals surface area contributed by atoms with E-state index >= 15 is 0 Å². The molecule has 1 fully saturated rings. The smallest absolute Gasteiger partial charge is 0.251 e. The van der Waals surface area contributed by atoms with Crippen LogP contribution in [-0.4, -0.2) is 50.6 Å². The summed E-state index contributed by atoms with van der Waals surface area (Å²) in [6.45, 7) is 2.77. The van der Waals surface area contributed by atoms with E-state index in [1.807, 2.05) is 18.2 Å². The Morgan fingerprint density at radius 1 is 1.19 bits per heavy atom. The van der Waals surface area contributed by atoms with Gasteiger partial charge in [0.2, 0.25) is 5.82 Å². The number of nitrogens with zero attached hydrogens (tertiary/aromatic N) is 4. The van der Waals surface area contributed by atoms with Crippen LogP contribution in [0.5, 0.6) is 0 Å². The zero-order chi connectivity index (χ0) is 17.8. The van der Waals surface area contributed by atoms with Gasteiger partial charge in [-0.2, -0.15) is 5.21 Å². The molecule has 1 amide bonds. The summed E-state index contributed by atoms with van der Waals surface area (Å²) in [5, 5.41) is 17.0. The molecule has 2 aromatic carbocycles. The number of nitrogens with one attached hydrogen (secondary N) is 2. The molecule has 3 aromatic rings. The number of likely N-dealkylation sites (tertiary alicyclic amines) is 1. The molecular weight excluding hydrogens is 328 g/mol. The number of hydrogen-bond acceptors (Lipinski definition) is 5. The lowest BCUT2D eigenvalue weighted by Gasteiger charge is -2.17. The Morgan fingerprint density at radius 2 is 2.08 bits per heavy atom. The number of carbonyl (C=O) groups excluding carboxylic acids is 1. The third-order valence-corrected chi connectivity index (χ3v) is 4.58. The molecule has 1 saturated heterocycles. The predicted octanol–water partition coefficient (Wildman–Crippen LogP) is 1.87. The highest BCUT2D eigenvalue weighted by atomic mass is 16.1. The SMILES string of the molecule is O=C(N[C@H]1CCN(Cc2ccccc2)C1)c1cccc(-c2nn[nH]n2)c1. The lowest BCUT2D eigenvalue weighted by molar-refractivity contribution is 0.0937. The number of amides is 1. The van der Waals surface area contributed by atoms with E-state index in [4.69, 9.17) is 0 Å². The predicted molar refractivity (Wildman–Crippen MR) is 97.2 cm³/mol. The van der Waals surface area contributed by atoms with Crippen LogP contribution in [0.4, 0.5) is 0 Å². The summed E-state index contributed by atoms with van der Waals surface area (Å²) in [5.41, 5.74) is 2.67. The maximum Gasteiger partial charge on any atom is 0.251 e. The number of aromatic nitrogens is 4. The monoisotopic (exact) mass is 348 g/mol. The number of H-pyrrole nitrogens is 1. The van der Waals surface area contributed by atoms with E-state index in [0.29, 0.717) is 11.4 Å². The van der Waals surface area contributed by atoms with Crippen LogP contribution in [0, 0.1) is 0 Å². The summed E-state index contributed by atoms with van der Waals surface area (Å²) < 4.78 is 0. The van der Waals surface area contributed by atoms with Crippen molar-refractivity contribution in [2.24, 2.45) is 0 Å². The van der Waals surface area contributed by atoms with Gasteiger partial charge in [0.1, 0.15) is 0 Å². The van der Waals surface area contributed by atoms with Crippen LogP contribution in [0.25, 0.3) is 11.4 Å². The minimum absolute atomic E-state index is 0.0677. The fourth-order valence-electron chi connectivity index (χ4n) is 3.29. The van der Waals surface area contributed by atoms with E-state index in [1.165, 1.54) is 5.56 Å². The molecule has 2 N–H and O–H groups in total. The van der Waals surface area contributed by atoms with Gasteiger partial charge in [-0.15, -0.1) is 10.2 Å². The molecule has 1 aliphatic rings. The molecule has 1 aromatic heterocycles. The fourth-order valence-corrected chi connectivity index (χ4v) is 3.29. The van der Waals surface area contributed by atoms with Crippen LogP contribution in [0.3, 0.4) is 0 Å². The first-order valence-electron chi connectivity index (χ1n) is 8.69. The standard InChI is InChI=1S/C19H20N6O/c26-19(16-8-4-7-15(11-16)18-21-23-24-22-18)20-17-9-10-25(13-17)12-14-5-2-1-3-6-14/h1-8,11,17H,9-10,12-13H2,(H,20,26)(H,21,22,23,24)/t17-/m0/s1. The maximum atomic E-state index is 12.6. The minimum Gasteiger partial charge on any atom is -0.348 e. The van der Waals surface area contributed by atoms with Gasteiger partial charge in [0.05, 0.1) is 0 Å². The first-order chi connectivity index (χ1) is 12.8. The quantitative estimate of drug-likeness (QED) is 0.735. The number of tetrazole rings is 1. The highest BCUT2D eigenvalue weighted by Crippen LogP contribution is 2.17. The summed E-state index contributed by atoms with van der Waals surface area (Å²) >= 11 is 0. The molecule has 132 valence electrons. The summed E-state index contributed by atoms with van der Waals surface area (Å²) in [4.78, 5) is 15.0. The second-order valence-electron chi connectivity index (χ2n) is 6.50. The van der Waals surface area contributed by atoms with Crippen molar-refractivity contribution < 1.29 is 4.79 Å². The molecule has 0 saturated carbocycles. The Balaban J connectivity index is 1.36. The van der Waals surface area contributed by atoms with E-state index < -0.39 is 0 Å². The first kappa shape index (κ1) is 16.4. The number of hydrogen-bond donors (Lipinski definition) is 2. The van der Waals surface area contributed by atoms with Crippen molar-refractivity contribution in [2.75, 3.05) is 13.1 Å². The molecule has 0 bridgehead atoms. The summed E-state index contributed by atoms with van der Waals surface area (Å²) in [6, 6.07) is 17.9. The van der Waals surface area contributed by atoms with Crippen LogP contribution in [0.15, 0.2) is 54.6 Å². The molecule has 7 heteroatoms. The maximum absolute atomic E-state index is 12.6. The molecule has 0 radical (unpaired) electrons. The second kappa shape index (κ2) is 7.45. The minimum atomic E-state index is -0.0677. The van der Waals surface area contributed by atoms with E-state index in [-0.39, 0.29) is 11.9 Å². The summed E-state index contributed by atoms with van der Waals surface area (Å²) in [7, 11) is 0. The largest absolute Gasteiger partial charge is 0.348 e. The molecule has 2 heterocycles. The number of aromatic amines is 1. The van der Waals surface area contributed by atoms with E-state index in [0.717, 1.165) is 31.6 Å². The third-order valence-electron chi connectivity index (χ3n) is 4.58. The lowest BCUT2D eigenvalue weighted by Crippen LogP contribution is -2.37. The van der Waals surface area contributed by atoms with Crippen molar-refractivity contribution in [3.63, 3.8) is 0 Å². The van der Waals surface area contributed by atoms with Crippen LogP contribution in [0.1, 0.15) is 22.3 Å². The van der Waals surface area contributed by atoms with Crippen LogP contribution in [-0.2, 0) is 6.54 Å². The molecule has 4 rings (SSSR count). The molecule has 26 heavy (non-hydrogen) atoms. The summed E-state index contributed by atoms with van der Waals surface area (Å²) in [6.07, 6.45) is 0.961. The average Bonchev–Trinajstić information content (AvgIpc) is 3.35. The van der Waals surface area contributed by atoms with Gasteiger partial charge in [-0.3, -0.25) is 9.69 Å². The van der Waals surface area contributed by atoms with Gasteiger partial charge in [-0.25, -0.2) is 0 Å². The Bertz CT molecular complexity index is 865. The van der Waals surface area contributed by atoms with Gasteiger partial charge < -0.3 is 5.32 Å². The Morgan fingerprint density at radius 3 is 2.88 bits per heavy atom. The Kier molecular flexibility index (Phi) is 4.70.